The maximum atomic E-state index is 12.1. The number of hydrogen-bond acceptors (Lipinski definition) is 4. The molecule has 6 nitrogen and oxygen atoms in total. The summed E-state index contributed by atoms with van der Waals surface area (Å²) in [4.78, 5) is 14.4. The molecule has 1 aliphatic heterocycles. The van der Waals surface area contributed by atoms with Crippen LogP contribution in [0.1, 0.15) is 23.3 Å². The van der Waals surface area contributed by atoms with Crippen molar-refractivity contribution in [2.75, 3.05) is 18.0 Å². The van der Waals surface area contributed by atoms with Gasteiger partial charge in [0.2, 0.25) is 0 Å². The molecule has 1 atom stereocenters. The first-order valence-electron chi connectivity index (χ1n) is 7.19. The summed E-state index contributed by atoms with van der Waals surface area (Å²) in [6.45, 7) is 1.59. The zero-order valence-corrected chi connectivity index (χ0v) is 12.1. The van der Waals surface area contributed by atoms with E-state index in [-0.39, 0.29) is 11.9 Å². The van der Waals surface area contributed by atoms with Gasteiger partial charge in [-0.15, -0.1) is 5.10 Å². The second-order valence-electron chi connectivity index (χ2n) is 5.29. The zero-order valence-electron chi connectivity index (χ0n) is 12.1. The molecule has 2 aromatic rings. The fourth-order valence-corrected chi connectivity index (χ4v) is 2.79. The quantitative estimate of drug-likeness (QED) is 0.917. The molecule has 1 fully saturated rings. The van der Waals surface area contributed by atoms with Crippen LogP contribution in [0.3, 0.4) is 0 Å². The topological polar surface area (TPSA) is 63.1 Å². The van der Waals surface area contributed by atoms with E-state index < -0.39 is 0 Å². The second-order valence-corrected chi connectivity index (χ2v) is 5.29. The molecule has 2 aromatic heterocycles. The molecule has 3 rings (SSSR count). The Balaban J connectivity index is 1.62. The van der Waals surface area contributed by atoms with Crippen LogP contribution in [0.2, 0.25) is 0 Å². The summed E-state index contributed by atoms with van der Waals surface area (Å²) in [6.07, 6.45) is 5.72. The summed E-state index contributed by atoms with van der Waals surface area (Å²) in [5.41, 5.74) is 0.680. The minimum atomic E-state index is -0.0338. The van der Waals surface area contributed by atoms with Crippen molar-refractivity contribution in [2.24, 2.45) is 7.05 Å². The molecule has 0 saturated carbocycles. The van der Waals surface area contributed by atoms with Crippen LogP contribution in [0.25, 0.3) is 0 Å². The van der Waals surface area contributed by atoms with E-state index in [0.29, 0.717) is 12.2 Å². The van der Waals surface area contributed by atoms with Crippen molar-refractivity contribution in [2.45, 2.75) is 18.9 Å². The lowest BCUT2D eigenvalue weighted by molar-refractivity contribution is 0.0943. The SMILES string of the molecule is Cn1cccc1C(=O)NCC1CCCN1c1cccnn1. The van der Waals surface area contributed by atoms with Gasteiger partial charge in [-0.05, 0) is 37.1 Å². The van der Waals surface area contributed by atoms with Gasteiger partial charge < -0.3 is 14.8 Å². The third-order valence-electron chi connectivity index (χ3n) is 3.90. The van der Waals surface area contributed by atoms with Crippen LogP contribution in [0.15, 0.2) is 36.7 Å². The van der Waals surface area contributed by atoms with Crippen LogP contribution in [0.5, 0.6) is 0 Å². The molecule has 1 unspecified atom stereocenters. The second kappa shape index (κ2) is 5.95. The van der Waals surface area contributed by atoms with Crippen molar-refractivity contribution in [3.05, 3.63) is 42.4 Å². The third-order valence-corrected chi connectivity index (χ3v) is 3.90. The van der Waals surface area contributed by atoms with Crippen molar-refractivity contribution in [1.82, 2.24) is 20.1 Å². The number of nitrogens with zero attached hydrogens (tertiary/aromatic N) is 4. The van der Waals surface area contributed by atoms with Gasteiger partial charge in [-0.3, -0.25) is 4.79 Å². The first kappa shape index (κ1) is 13.6. The fraction of sp³-hybridized carbons (Fsp3) is 0.400. The number of carbonyl (C=O) groups excluding carboxylic acids is 1. The number of anilines is 1. The molecule has 3 heterocycles. The number of aryl methyl sites for hydroxylation is 1. The highest BCUT2D eigenvalue weighted by atomic mass is 16.1. The monoisotopic (exact) mass is 285 g/mol. The predicted octanol–water partition coefficient (Wildman–Crippen LogP) is 1.21. The molecule has 6 heteroatoms. The van der Waals surface area contributed by atoms with E-state index in [1.165, 1.54) is 0 Å². The van der Waals surface area contributed by atoms with Crippen LogP contribution in [0.4, 0.5) is 5.82 Å². The van der Waals surface area contributed by atoms with Crippen LogP contribution < -0.4 is 10.2 Å². The molecule has 1 aliphatic rings. The molecule has 1 N–H and O–H groups in total. The molecule has 0 bridgehead atoms. The van der Waals surface area contributed by atoms with Gasteiger partial charge in [0.1, 0.15) is 5.69 Å². The van der Waals surface area contributed by atoms with E-state index in [1.54, 1.807) is 6.20 Å². The molecule has 1 amide bonds. The minimum absolute atomic E-state index is 0.0338. The molecule has 21 heavy (non-hydrogen) atoms. The first-order valence-corrected chi connectivity index (χ1v) is 7.19. The van der Waals surface area contributed by atoms with E-state index in [4.69, 9.17) is 0 Å². The Morgan fingerprint density at radius 2 is 2.33 bits per heavy atom. The van der Waals surface area contributed by atoms with Crippen molar-refractivity contribution >= 4 is 11.7 Å². The lowest BCUT2D eigenvalue weighted by atomic mass is 10.2. The molecule has 0 aromatic carbocycles. The van der Waals surface area contributed by atoms with Crippen molar-refractivity contribution in [1.29, 1.82) is 0 Å². The molecule has 1 saturated heterocycles. The molecular weight excluding hydrogens is 266 g/mol. The summed E-state index contributed by atoms with van der Waals surface area (Å²) in [6, 6.07) is 7.83. The van der Waals surface area contributed by atoms with E-state index in [9.17, 15) is 4.79 Å². The first-order chi connectivity index (χ1) is 10.3. The van der Waals surface area contributed by atoms with Crippen LogP contribution in [0, 0.1) is 0 Å². The summed E-state index contributed by atoms with van der Waals surface area (Å²) < 4.78 is 1.82. The van der Waals surface area contributed by atoms with Gasteiger partial charge in [0.25, 0.3) is 5.91 Å². The average molecular weight is 285 g/mol. The van der Waals surface area contributed by atoms with Gasteiger partial charge in [-0.1, -0.05) is 0 Å². The smallest absolute Gasteiger partial charge is 0.267 e. The Labute approximate surface area is 123 Å². The third kappa shape index (κ3) is 2.89. The fourth-order valence-electron chi connectivity index (χ4n) is 2.79. The molecule has 110 valence electrons. The number of rotatable bonds is 4. The van der Waals surface area contributed by atoms with Crippen LogP contribution >= 0.6 is 0 Å². The zero-order chi connectivity index (χ0) is 14.7. The molecule has 0 aliphatic carbocycles. The number of amides is 1. The van der Waals surface area contributed by atoms with Crippen molar-refractivity contribution in [3.63, 3.8) is 0 Å². The maximum Gasteiger partial charge on any atom is 0.267 e. The minimum Gasteiger partial charge on any atom is -0.350 e. The van der Waals surface area contributed by atoms with Crippen molar-refractivity contribution in [3.8, 4) is 0 Å². The molecule has 0 spiro atoms. The van der Waals surface area contributed by atoms with Crippen LogP contribution in [-0.4, -0.2) is 39.8 Å². The Morgan fingerprint density at radius 1 is 1.43 bits per heavy atom. The average Bonchev–Trinajstić information content (AvgIpc) is 3.14. The van der Waals surface area contributed by atoms with E-state index in [2.05, 4.69) is 20.4 Å². The lowest BCUT2D eigenvalue weighted by Gasteiger charge is -2.25. The van der Waals surface area contributed by atoms with Gasteiger partial charge in [0.05, 0.1) is 0 Å². The standard InChI is InChI=1S/C15H19N5O/c1-19-9-4-6-13(19)15(21)16-11-12-5-3-10-20(12)14-7-2-8-17-18-14/h2,4,6-9,12H,3,5,10-11H2,1H3,(H,16,21). The summed E-state index contributed by atoms with van der Waals surface area (Å²) >= 11 is 0. The highest BCUT2D eigenvalue weighted by molar-refractivity contribution is 5.92. The largest absolute Gasteiger partial charge is 0.350 e. The van der Waals surface area contributed by atoms with Crippen LogP contribution in [-0.2, 0) is 7.05 Å². The number of nitrogens with one attached hydrogen (secondary N) is 1. The number of aromatic nitrogens is 3. The normalized spacial score (nSPS) is 18.0. The number of carbonyl (C=O) groups is 1. The molecular formula is C15H19N5O. The molecule has 0 radical (unpaired) electrons. The Kier molecular flexibility index (Phi) is 3.85. The highest BCUT2D eigenvalue weighted by Crippen LogP contribution is 2.22. The Bertz CT molecular complexity index is 610. The van der Waals surface area contributed by atoms with Gasteiger partial charge in [0, 0.05) is 38.6 Å². The van der Waals surface area contributed by atoms with Gasteiger partial charge in [0.15, 0.2) is 5.82 Å². The Hall–Kier alpha value is -2.37. The van der Waals surface area contributed by atoms with Gasteiger partial charge in [-0.2, -0.15) is 5.10 Å². The van der Waals surface area contributed by atoms with Gasteiger partial charge in [-0.25, -0.2) is 0 Å². The number of hydrogen-bond donors (Lipinski definition) is 1. The lowest BCUT2D eigenvalue weighted by Crippen LogP contribution is -2.41. The van der Waals surface area contributed by atoms with Gasteiger partial charge >= 0.3 is 0 Å². The van der Waals surface area contributed by atoms with E-state index in [0.717, 1.165) is 25.2 Å². The predicted molar refractivity (Wildman–Crippen MR) is 80.1 cm³/mol. The Morgan fingerprint density at radius 3 is 3.05 bits per heavy atom. The summed E-state index contributed by atoms with van der Waals surface area (Å²) in [7, 11) is 1.87. The van der Waals surface area contributed by atoms with Crippen molar-refractivity contribution < 1.29 is 4.79 Å². The summed E-state index contributed by atoms with van der Waals surface area (Å²) in [5, 5.41) is 11.1. The summed E-state index contributed by atoms with van der Waals surface area (Å²) in [5.74, 6) is 0.849. The van der Waals surface area contributed by atoms with E-state index >= 15 is 0 Å². The van der Waals surface area contributed by atoms with E-state index in [1.807, 2.05) is 42.1 Å². The maximum absolute atomic E-state index is 12.1. The highest BCUT2D eigenvalue weighted by Gasteiger charge is 2.26.